The molecular formula is C116H322. The van der Waals surface area contributed by atoms with Gasteiger partial charge < -0.3 is 0 Å². The average Bonchev–Trinajstić information content (AvgIpc) is 1.20. The molecule has 786 valence electrons. The van der Waals surface area contributed by atoms with E-state index in [1.54, 1.807) is 0 Å². The molecule has 116 heavy (non-hydrogen) atoms. The molecule has 0 unspecified atom stereocenters. The smallest absolute Gasteiger partial charge is 0.0411 e. The molecule has 0 heteroatoms. The van der Waals surface area contributed by atoms with Gasteiger partial charge in [0.05, 0.1) is 0 Å². The average molecular weight is 1720 g/mol. The van der Waals surface area contributed by atoms with Crippen LogP contribution in [0.1, 0.15) is 720 Å². The zero-order valence-electron chi connectivity index (χ0n) is 111. The molecule has 0 aliphatic carbocycles. The number of rotatable bonds is 0. The summed E-state index contributed by atoms with van der Waals surface area (Å²) < 4.78 is 0. The lowest BCUT2D eigenvalue weighted by Gasteiger charge is -2.05. The highest BCUT2D eigenvalue weighted by Crippen LogP contribution is 2.10. The molecule has 0 aliphatic heterocycles. The zero-order valence-corrected chi connectivity index (χ0v) is 111. The Balaban J connectivity index is -0.00000000938. The minimum Gasteiger partial charge on any atom is -0.106 e. The van der Waals surface area contributed by atoms with E-state index >= 15 is 0 Å². The van der Waals surface area contributed by atoms with Crippen molar-refractivity contribution >= 4 is 0 Å². The minimum atomic E-state index is 0.500. The molecule has 0 saturated carbocycles. The predicted molar refractivity (Wildman–Crippen MR) is 634 cm³/mol. The molecule has 0 saturated heterocycles. The first kappa shape index (κ1) is 323. The Morgan fingerprint density at radius 1 is 0.0862 bits per heavy atom. The van der Waals surface area contributed by atoms with Crippen LogP contribution in [0.25, 0.3) is 0 Å². The maximum atomic E-state index is 3.00. The lowest BCUT2D eigenvalue weighted by molar-refractivity contribution is 0.469. The van der Waals surface area contributed by atoms with E-state index in [4.69, 9.17) is 0 Å². The van der Waals surface area contributed by atoms with Gasteiger partial charge in [-0.05, 0) is 44.3 Å². The first-order valence-corrected chi connectivity index (χ1v) is 53.5. The summed E-state index contributed by atoms with van der Waals surface area (Å²) in [5.74, 6) is 1.67. The minimum absolute atomic E-state index is 0.500. The van der Waals surface area contributed by atoms with Crippen LogP contribution in [0.3, 0.4) is 0 Å². The Bertz CT molecular complexity index is 277. The van der Waals surface area contributed by atoms with Gasteiger partial charge in [-0.2, -0.15) is 0 Å². The quantitative estimate of drug-likeness (QED) is 0.212. The van der Waals surface area contributed by atoms with Crippen LogP contribution in [0.4, 0.5) is 0 Å². The molecule has 0 rings (SSSR count). The molecule has 0 aromatic carbocycles. The molecule has 0 N–H and O–H groups in total. The van der Waals surface area contributed by atoms with Crippen LogP contribution >= 0.6 is 0 Å². The summed E-state index contributed by atoms with van der Waals surface area (Å²) in [7, 11) is 0. The molecule has 0 fully saturated rings. The van der Waals surface area contributed by atoms with Crippen LogP contribution in [0.5, 0.6) is 0 Å². The SMILES string of the molecule is C=C.C=C.CC.CC.CC.CC.CC.CC.CC.CC.CC.CC.CC.CC.CC.CC.CC.CC.CC.CC.CC.CC.CC.CC.CC.CC.CC.CC.CC.CC.CC.CC.CC.CC.CC.CC.CC.CC.CC.CC(C)(C)C.CC(C)(C)C.CC(C)(C)C.CC(C)(C)C.CC(C)(C)C.CC(C)(C)C.CC(C)C.CC(C)C. The van der Waals surface area contributed by atoms with E-state index in [1.165, 1.54) is 0 Å². The summed E-state index contributed by atoms with van der Waals surface area (Å²) >= 11 is 0. The second-order valence-corrected chi connectivity index (χ2v) is 21.5. The van der Waals surface area contributed by atoms with Crippen LogP contribution in [-0.4, -0.2) is 0 Å². The van der Waals surface area contributed by atoms with Gasteiger partial charge in [0.25, 0.3) is 0 Å². The maximum absolute atomic E-state index is 3.00. The van der Waals surface area contributed by atoms with Crippen LogP contribution in [0, 0.1) is 44.3 Å². The summed E-state index contributed by atoms with van der Waals surface area (Å²) in [6.45, 7) is 225. The van der Waals surface area contributed by atoms with E-state index in [0.717, 1.165) is 11.8 Å². The van der Waals surface area contributed by atoms with Crippen molar-refractivity contribution in [2.24, 2.45) is 44.3 Å². The second kappa shape index (κ2) is 857. The lowest BCUT2D eigenvalue weighted by atomic mass is 10.0. The fraction of sp³-hybridized carbons (Fsp3) is 0.966. The first-order chi connectivity index (χ1) is 54.5. The summed E-state index contributed by atoms with van der Waals surface area (Å²) in [5.41, 5.74) is 3.00. The zero-order chi connectivity index (χ0) is 112. The number of hydrogen-bond acceptors (Lipinski definition) is 0. The highest BCUT2D eigenvalue weighted by Gasteiger charge is 1.98. The lowest BCUT2D eigenvalue weighted by Crippen LogP contribution is -1.93. The van der Waals surface area contributed by atoms with Gasteiger partial charge in [0, 0.05) is 0 Å². The van der Waals surface area contributed by atoms with Crippen molar-refractivity contribution in [2.45, 2.75) is 720 Å². The monoisotopic (exact) mass is 1720 g/mol. The van der Waals surface area contributed by atoms with E-state index in [0.29, 0.717) is 32.5 Å². The van der Waals surface area contributed by atoms with E-state index in [1.807, 2.05) is 512 Å². The van der Waals surface area contributed by atoms with Gasteiger partial charge in [-0.25, -0.2) is 0 Å². The molecule has 0 nitrogen and oxygen atoms in total. The van der Waals surface area contributed by atoms with Gasteiger partial charge in [-0.1, -0.05) is 720 Å². The molecule has 0 aliphatic rings. The summed E-state index contributed by atoms with van der Waals surface area (Å²) in [6, 6.07) is 0. The van der Waals surface area contributed by atoms with Crippen molar-refractivity contribution in [2.75, 3.05) is 0 Å². The third-order valence-corrected chi connectivity index (χ3v) is 0. The molecule has 0 radical (unpaired) electrons. The molecular weight excluding hydrogens is 1390 g/mol. The van der Waals surface area contributed by atoms with Crippen molar-refractivity contribution in [3.05, 3.63) is 26.3 Å². The van der Waals surface area contributed by atoms with Crippen LogP contribution in [-0.2, 0) is 0 Å². The third-order valence-electron chi connectivity index (χ3n) is 0. The predicted octanol–water partition coefficient (Wildman–Crippen LogP) is 55.2. The molecule has 0 aromatic heterocycles. The molecule has 0 bridgehead atoms. The van der Waals surface area contributed by atoms with E-state index in [-0.39, 0.29) is 0 Å². The van der Waals surface area contributed by atoms with E-state index < -0.39 is 0 Å². The summed E-state index contributed by atoms with van der Waals surface area (Å²) in [4.78, 5) is 0. The van der Waals surface area contributed by atoms with Crippen molar-refractivity contribution in [3.63, 3.8) is 0 Å². The van der Waals surface area contributed by atoms with Crippen LogP contribution in [0.2, 0.25) is 0 Å². The summed E-state index contributed by atoms with van der Waals surface area (Å²) in [5, 5.41) is 0. The fourth-order valence-electron chi connectivity index (χ4n) is 0. The Morgan fingerprint density at radius 2 is 0.0862 bits per heavy atom. The highest BCUT2D eigenvalue weighted by atomic mass is 14.0. The van der Waals surface area contributed by atoms with Crippen molar-refractivity contribution < 1.29 is 0 Å². The number of hydrogen-bond donors (Lipinski definition) is 0. The van der Waals surface area contributed by atoms with Crippen molar-refractivity contribution in [3.8, 4) is 0 Å². The van der Waals surface area contributed by atoms with Crippen molar-refractivity contribution in [1.82, 2.24) is 0 Å². The molecule has 0 amide bonds. The highest BCUT2D eigenvalue weighted by molar-refractivity contribution is 4.50. The second-order valence-electron chi connectivity index (χ2n) is 21.5. The van der Waals surface area contributed by atoms with Gasteiger partial charge in [0.15, 0.2) is 0 Å². The topological polar surface area (TPSA) is 0 Å². The van der Waals surface area contributed by atoms with Gasteiger partial charge in [-0.3, -0.25) is 0 Å². The van der Waals surface area contributed by atoms with Gasteiger partial charge in [-0.15, -0.1) is 26.3 Å². The fourth-order valence-corrected chi connectivity index (χ4v) is 0. The molecule has 0 aromatic rings. The van der Waals surface area contributed by atoms with Gasteiger partial charge >= 0.3 is 0 Å². The molecule has 0 atom stereocenters. The maximum Gasteiger partial charge on any atom is -0.0411 e. The van der Waals surface area contributed by atoms with E-state index in [2.05, 4.69) is 234 Å². The molecule has 0 spiro atoms. The Labute approximate surface area is 786 Å². The van der Waals surface area contributed by atoms with Gasteiger partial charge in [0.1, 0.15) is 0 Å². The van der Waals surface area contributed by atoms with Crippen molar-refractivity contribution in [1.29, 1.82) is 0 Å². The van der Waals surface area contributed by atoms with Crippen LogP contribution < -0.4 is 0 Å². The Morgan fingerprint density at radius 3 is 0.0862 bits per heavy atom. The summed E-state index contributed by atoms with van der Waals surface area (Å²) in [6.07, 6.45) is 0. The Kier molecular flexibility index (Phi) is 2380. The molecule has 0 heterocycles. The standard InChI is InChI=1S/6C5H12.2C4H10.37C2H6.2C2H4/c6*1-5(2,3)4;2*1-4(2)3;39*1-2/h6*1-4H3;2*4H,1-3H3;37*1-2H3;2*1-2H2. The third kappa shape index (κ3) is 5310000. The first-order valence-electron chi connectivity index (χ1n) is 53.5. The largest absolute Gasteiger partial charge is 0.106 e. The Hall–Kier alpha value is -0.520. The van der Waals surface area contributed by atoms with Crippen LogP contribution in [0.15, 0.2) is 26.3 Å². The van der Waals surface area contributed by atoms with Gasteiger partial charge in [0.2, 0.25) is 0 Å². The van der Waals surface area contributed by atoms with E-state index in [9.17, 15) is 0 Å². The normalized spacial score (nSPS) is 5.71.